The molecule has 0 aliphatic rings. The molecule has 1 unspecified atom stereocenters. The molecule has 30 heavy (non-hydrogen) atoms. The molecule has 2 amide bonds. The van der Waals surface area contributed by atoms with Gasteiger partial charge in [0, 0.05) is 28.0 Å². The number of carbonyl (C=O) groups is 2. The lowest BCUT2D eigenvalue weighted by atomic mass is 10.1. The first-order valence-corrected chi connectivity index (χ1v) is 11.6. The average Bonchev–Trinajstić information content (AvgIpc) is 2.70. The predicted octanol–water partition coefficient (Wildman–Crippen LogP) is 5.58. The van der Waals surface area contributed by atoms with Crippen LogP contribution in [0.4, 0.5) is 0 Å². The molecule has 0 saturated heterocycles. The Morgan fingerprint density at radius 3 is 2.33 bits per heavy atom. The Morgan fingerprint density at radius 2 is 1.73 bits per heavy atom. The summed E-state index contributed by atoms with van der Waals surface area (Å²) in [4.78, 5) is 28.4. The van der Waals surface area contributed by atoms with E-state index in [1.54, 1.807) is 30.0 Å². The first kappa shape index (κ1) is 24.6. The number of amides is 2. The second kappa shape index (κ2) is 11.6. The summed E-state index contributed by atoms with van der Waals surface area (Å²) < 4.78 is 0. The van der Waals surface area contributed by atoms with E-state index in [2.05, 4.69) is 5.32 Å². The lowest BCUT2D eigenvalue weighted by molar-refractivity contribution is -0.138. The molecule has 2 aromatic rings. The van der Waals surface area contributed by atoms with Crippen molar-refractivity contribution in [2.75, 3.05) is 12.3 Å². The fourth-order valence-electron chi connectivity index (χ4n) is 2.73. The summed E-state index contributed by atoms with van der Waals surface area (Å²) in [5.74, 6) is 0.255. The summed E-state index contributed by atoms with van der Waals surface area (Å²) in [7, 11) is 0. The Bertz CT molecular complexity index is 872. The highest BCUT2D eigenvalue weighted by Crippen LogP contribution is 2.25. The number of carbonyl (C=O) groups excluding carboxylic acids is 2. The number of halogens is 2. The van der Waals surface area contributed by atoms with Crippen molar-refractivity contribution in [2.45, 2.75) is 45.2 Å². The van der Waals surface area contributed by atoms with Crippen LogP contribution in [0.5, 0.6) is 0 Å². The molecule has 1 atom stereocenters. The molecule has 2 rings (SSSR count). The maximum absolute atomic E-state index is 13.1. The molecular formula is C23H28Cl2N2O2S. The van der Waals surface area contributed by atoms with Gasteiger partial charge in [0.1, 0.15) is 6.04 Å². The molecule has 0 heterocycles. The highest BCUT2D eigenvalue weighted by molar-refractivity contribution is 8.00. The van der Waals surface area contributed by atoms with Gasteiger partial charge < -0.3 is 10.2 Å². The molecule has 0 radical (unpaired) electrons. The van der Waals surface area contributed by atoms with Crippen LogP contribution < -0.4 is 5.32 Å². The summed E-state index contributed by atoms with van der Waals surface area (Å²) >= 11 is 13.8. The van der Waals surface area contributed by atoms with E-state index in [0.717, 1.165) is 10.5 Å². The molecule has 2 aromatic carbocycles. The third-order valence-electron chi connectivity index (χ3n) is 4.59. The van der Waals surface area contributed by atoms with Crippen molar-refractivity contribution in [1.82, 2.24) is 10.2 Å². The van der Waals surface area contributed by atoms with Gasteiger partial charge in [0.05, 0.1) is 5.75 Å². The van der Waals surface area contributed by atoms with Crippen molar-refractivity contribution < 1.29 is 9.59 Å². The lowest BCUT2D eigenvalue weighted by Crippen LogP contribution is -2.48. The Kier molecular flexibility index (Phi) is 9.53. The zero-order valence-corrected chi connectivity index (χ0v) is 20.1. The number of rotatable bonds is 9. The van der Waals surface area contributed by atoms with Gasteiger partial charge in [-0.2, -0.15) is 0 Å². The summed E-state index contributed by atoms with van der Waals surface area (Å²) in [6.45, 7) is 8.62. The van der Waals surface area contributed by atoms with E-state index in [1.807, 2.05) is 45.0 Å². The third kappa shape index (κ3) is 7.53. The smallest absolute Gasteiger partial charge is 0.242 e. The van der Waals surface area contributed by atoms with Crippen LogP contribution in [0.15, 0.2) is 47.4 Å². The van der Waals surface area contributed by atoms with Crippen molar-refractivity contribution >= 4 is 46.8 Å². The van der Waals surface area contributed by atoms with Crippen LogP contribution in [0.3, 0.4) is 0 Å². The maximum atomic E-state index is 13.1. The average molecular weight is 467 g/mol. The fourth-order valence-corrected chi connectivity index (χ4v) is 3.98. The minimum absolute atomic E-state index is 0.126. The summed E-state index contributed by atoms with van der Waals surface area (Å²) in [6, 6.07) is 12.6. The zero-order chi connectivity index (χ0) is 22.3. The fraction of sp³-hybridized carbons (Fsp3) is 0.391. The van der Waals surface area contributed by atoms with Crippen LogP contribution >= 0.6 is 35.0 Å². The largest absolute Gasteiger partial charge is 0.354 e. The van der Waals surface area contributed by atoms with Crippen molar-refractivity contribution in [1.29, 1.82) is 0 Å². The molecule has 1 N–H and O–H groups in total. The van der Waals surface area contributed by atoms with Crippen LogP contribution in [-0.4, -0.2) is 35.1 Å². The van der Waals surface area contributed by atoms with Crippen LogP contribution in [0.1, 0.15) is 31.9 Å². The maximum Gasteiger partial charge on any atom is 0.242 e. The number of aryl methyl sites for hydroxylation is 1. The second-order valence-electron chi connectivity index (χ2n) is 7.67. The van der Waals surface area contributed by atoms with Crippen molar-refractivity contribution in [3.05, 3.63) is 63.6 Å². The highest BCUT2D eigenvalue weighted by Gasteiger charge is 2.26. The minimum Gasteiger partial charge on any atom is -0.354 e. The molecule has 0 fully saturated rings. The van der Waals surface area contributed by atoms with Crippen molar-refractivity contribution in [3.8, 4) is 0 Å². The first-order chi connectivity index (χ1) is 14.2. The first-order valence-electron chi connectivity index (χ1n) is 9.88. The lowest BCUT2D eigenvalue weighted by Gasteiger charge is -2.29. The Labute approximate surface area is 193 Å². The van der Waals surface area contributed by atoms with E-state index in [1.165, 1.54) is 17.3 Å². The summed E-state index contributed by atoms with van der Waals surface area (Å²) in [6.07, 6.45) is 0. The van der Waals surface area contributed by atoms with E-state index >= 15 is 0 Å². The molecule has 0 aromatic heterocycles. The van der Waals surface area contributed by atoms with E-state index in [4.69, 9.17) is 23.2 Å². The van der Waals surface area contributed by atoms with Gasteiger partial charge >= 0.3 is 0 Å². The van der Waals surface area contributed by atoms with Crippen molar-refractivity contribution in [2.24, 2.45) is 5.92 Å². The Hall–Kier alpha value is -1.69. The van der Waals surface area contributed by atoms with Crippen LogP contribution in [-0.2, 0) is 16.1 Å². The molecule has 162 valence electrons. The zero-order valence-electron chi connectivity index (χ0n) is 17.7. The quantitative estimate of drug-likeness (QED) is 0.490. The molecule has 0 bridgehead atoms. The summed E-state index contributed by atoms with van der Waals surface area (Å²) in [5, 5.41) is 3.91. The Morgan fingerprint density at radius 1 is 1.07 bits per heavy atom. The molecular weight excluding hydrogens is 439 g/mol. The van der Waals surface area contributed by atoms with Crippen LogP contribution in [0, 0.1) is 12.8 Å². The standard InChI is InChI=1S/C23H28Cl2N2O2S/c1-15(2)12-26-23(29)17(4)27(13-18-7-8-19(24)11-21(18)25)22(28)14-30-20-9-5-16(3)6-10-20/h5-11,15,17H,12-14H2,1-4H3,(H,26,29). The van der Waals surface area contributed by atoms with Gasteiger partial charge in [-0.1, -0.05) is 60.8 Å². The highest BCUT2D eigenvalue weighted by atomic mass is 35.5. The number of nitrogens with zero attached hydrogens (tertiary/aromatic N) is 1. The second-order valence-corrected chi connectivity index (χ2v) is 9.57. The molecule has 0 saturated carbocycles. The van der Waals surface area contributed by atoms with Crippen molar-refractivity contribution in [3.63, 3.8) is 0 Å². The van der Waals surface area contributed by atoms with E-state index in [9.17, 15) is 9.59 Å². The monoisotopic (exact) mass is 466 g/mol. The van der Waals surface area contributed by atoms with Gasteiger partial charge in [-0.15, -0.1) is 11.8 Å². The minimum atomic E-state index is -0.624. The van der Waals surface area contributed by atoms with Gasteiger partial charge in [-0.3, -0.25) is 9.59 Å². The molecule has 0 spiro atoms. The Balaban J connectivity index is 2.16. The number of nitrogens with one attached hydrogen (secondary N) is 1. The molecule has 0 aliphatic carbocycles. The molecule has 7 heteroatoms. The van der Waals surface area contributed by atoms with Gasteiger partial charge in [0.2, 0.25) is 11.8 Å². The predicted molar refractivity (Wildman–Crippen MR) is 126 cm³/mol. The SMILES string of the molecule is Cc1ccc(SCC(=O)N(Cc2ccc(Cl)cc2Cl)C(C)C(=O)NCC(C)C)cc1. The van der Waals surface area contributed by atoms with Crippen LogP contribution in [0.25, 0.3) is 0 Å². The molecule has 4 nitrogen and oxygen atoms in total. The number of hydrogen-bond donors (Lipinski definition) is 1. The van der Waals surface area contributed by atoms with Gasteiger partial charge in [0.25, 0.3) is 0 Å². The number of thioether (sulfide) groups is 1. The van der Waals surface area contributed by atoms with Crippen LogP contribution in [0.2, 0.25) is 10.0 Å². The topological polar surface area (TPSA) is 49.4 Å². The van der Waals surface area contributed by atoms with E-state index < -0.39 is 6.04 Å². The summed E-state index contributed by atoms with van der Waals surface area (Å²) in [5.41, 5.74) is 1.92. The van der Waals surface area contributed by atoms with E-state index in [0.29, 0.717) is 22.5 Å². The van der Waals surface area contributed by atoms with Gasteiger partial charge in [-0.05, 0) is 49.6 Å². The number of hydrogen-bond acceptors (Lipinski definition) is 3. The van der Waals surface area contributed by atoms with Gasteiger partial charge in [0.15, 0.2) is 0 Å². The third-order valence-corrected chi connectivity index (χ3v) is 6.17. The van der Waals surface area contributed by atoms with E-state index in [-0.39, 0.29) is 24.1 Å². The number of benzene rings is 2. The normalized spacial score (nSPS) is 12.0. The van der Waals surface area contributed by atoms with Gasteiger partial charge in [-0.25, -0.2) is 0 Å². The molecule has 0 aliphatic heterocycles.